The molecular formula is C13H11BrF2N2O2S. The summed E-state index contributed by atoms with van der Waals surface area (Å²) in [5.74, 6) is -0.251. The van der Waals surface area contributed by atoms with Crippen molar-refractivity contribution >= 4 is 25.8 Å². The second-order valence-corrected chi connectivity index (χ2v) is 7.26. The molecule has 2 aromatic rings. The number of aromatic nitrogens is 2. The van der Waals surface area contributed by atoms with E-state index < -0.39 is 27.1 Å². The van der Waals surface area contributed by atoms with Crippen molar-refractivity contribution in [3.8, 4) is 11.3 Å². The van der Waals surface area contributed by atoms with Crippen molar-refractivity contribution in [2.45, 2.75) is 18.5 Å². The SMILES string of the molecule is CCS(=O)(=O)c1nc(-c2ccc(Br)cc2)cc(C(F)F)n1. The Morgan fingerprint density at radius 3 is 2.33 bits per heavy atom. The fourth-order valence-electron chi connectivity index (χ4n) is 1.59. The van der Waals surface area contributed by atoms with Gasteiger partial charge in [-0.15, -0.1) is 0 Å². The highest BCUT2D eigenvalue weighted by Crippen LogP contribution is 2.25. The third-order valence-corrected chi connectivity index (χ3v) is 4.77. The average Bonchev–Trinajstić information content (AvgIpc) is 2.47. The first kappa shape index (κ1) is 16.0. The van der Waals surface area contributed by atoms with Crippen LogP contribution in [0.2, 0.25) is 0 Å². The van der Waals surface area contributed by atoms with Gasteiger partial charge >= 0.3 is 0 Å². The molecule has 0 bridgehead atoms. The van der Waals surface area contributed by atoms with Crippen molar-refractivity contribution in [3.63, 3.8) is 0 Å². The summed E-state index contributed by atoms with van der Waals surface area (Å²) in [4.78, 5) is 7.37. The zero-order valence-corrected chi connectivity index (χ0v) is 13.3. The lowest BCUT2D eigenvalue weighted by Crippen LogP contribution is -2.11. The van der Waals surface area contributed by atoms with Gasteiger partial charge in [0, 0.05) is 10.0 Å². The molecule has 112 valence electrons. The van der Waals surface area contributed by atoms with Crippen LogP contribution < -0.4 is 0 Å². The second kappa shape index (κ2) is 6.15. The van der Waals surface area contributed by atoms with E-state index in [0.29, 0.717) is 5.56 Å². The zero-order chi connectivity index (χ0) is 15.6. The Hall–Kier alpha value is -1.41. The minimum absolute atomic E-state index is 0.153. The Morgan fingerprint density at radius 2 is 1.81 bits per heavy atom. The minimum atomic E-state index is -3.76. The maximum atomic E-state index is 12.9. The van der Waals surface area contributed by atoms with E-state index in [2.05, 4.69) is 25.9 Å². The van der Waals surface area contributed by atoms with Crippen molar-refractivity contribution in [2.75, 3.05) is 5.75 Å². The number of sulfone groups is 1. The van der Waals surface area contributed by atoms with Gasteiger partial charge in [-0.1, -0.05) is 35.0 Å². The summed E-state index contributed by atoms with van der Waals surface area (Å²) in [5, 5.41) is -0.569. The fourth-order valence-corrected chi connectivity index (χ4v) is 2.60. The second-order valence-electron chi connectivity index (χ2n) is 4.17. The van der Waals surface area contributed by atoms with E-state index in [4.69, 9.17) is 0 Å². The predicted octanol–water partition coefficient (Wildman–Crippen LogP) is 3.64. The number of halogens is 3. The molecule has 0 aliphatic carbocycles. The van der Waals surface area contributed by atoms with Crippen LogP contribution in [-0.4, -0.2) is 24.1 Å². The zero-order valence-electron chi connectivity index (χ0n) is 10.9. The maximum absolute atomic E-state index is 12.9. The summed E-state index contributed by atoms with van der Waals surface area (Å²) in [6.45, 7) is 1.41. The van der Waals surface area contributed by atoms with Crippen molar-refractivity contribution < 1.29 is 17.2 Å². The minimum Gasteiger partial charge on any atom is -0.220 e. The van der Waals surface area contributed by atoms with E-state index in [1.54, 1.807) is 24.3 Å². The smallest absolute Gasteiger partial charge is 0.220 e. The van der Waals surface area contributed by atoms with Gasteiger partial charge in [0.15, 0.2) is 0 Å². The van der Waals surface area contributed by atoms with Gasteiger partial charge in [-0.25, -0.2) is 27.2 Å². The molecule has 0 saturated heterocycles. The molecule has 0 unspecified atom stereocenters. The molecule has 21 heavy (non-hydrogen) atoms. The van der Waals surface area contributed by atoms with Crippen molar-refractivity contribution in [2.24, 2.45) is 0 Å². The predicted molar refractivity (Wildman–Crippen MR) is 77.9 cm³/mol. The molecule has 0 N–H and O–H groups in total. The van der Waals surface area contributed by atoms with Gasteiger partial charge in [-0.05, 0) is 18.2 Å². The monoisotopic (exact) mass is 376 g/mol. The summed E-state index contributed by atoms with van der Waals surface area (Å²) in [6, 6.07) is 7.84. The Balaban J connectivity index is 2.63. The van der Waals surface area contributed by atoms with Crippen LogP contribution in [0, 0.1) is 0 Å². The first-order valence-electron chi connectivity index (χ1n) is 5.99. The third kappa shape index (κ3) is 3.62. The van der Waals surface area contributed by atoms with E-state index in [9.17, 15) is 17.2 Å². The summed E-state index contributed by atoms with van der Waals surface area (Å²) in [5.41, 5.74) is 0.0878. The van der Waals surface area contributed by atoms with Crippen LogP contribution in [0.4, 0.5) is 8.78 Å². The lowest BCUT2D eigenvalue weighted by atomic mass is 10.1. The first-order valence-corrected chi connectivity index (χ1v) is 8.44. The quantitative estimate of drug-likeness (QED) is 0.764. The van der Waals surface area contributed by atoms with Gasteiger partial charge in [-0.2, -0.15) is 0 Å². The standard InChI is InChI=1S/C13H11BrF2N2O2S/c1-2-21(19,20)13-17-10(7-11(18-13)12(15)16)8-3-5-9(14)6-4-8/h3-7,12H,2H2,1H3. The molecule has 0 atom stereocenters. The van der Waals surface area contributed by atoms with Crippen molar-refractivity contribution in [1.29, 1.82) is 0 Å². The van der Waals surface area contributed by atoms with E-state index in [0.717, 1.165) is 10.5 Å². The number of benzene rings is 1. The van der Waals surface area contributed by atoms with Crippen molar-refractivity contribution in [1.82, 2.24) is 9.97 Å². The van der Waals surface area contributed by atoms with Crippen molar-refractivity contribution in [3.05, 3.63) is 40.5 Å². The Kier molecular flexibility index (Phi) is 4.67. The van der Waals surface area contributed by atoms with Gasteiger partial charge in [0.2, 0.25) is 15.0 Å². The Bertz CT molecular complexity index is 749. The molecule has 2 rings (SSSR count). The molecule has 1 heterocycles. The fraction of sp³-hybridized carbons (Fsp3) is 0.231. The molecule has 0 saturated carbocycles. The first-order chi connectivity index (χ1) is 9.83. The highest BCUT2D eigenvalue weighted by molar-refractivity contribution is 9.10. The van der Waals surface area contributed by atoms with Crippen LogP contribution in [0.1, 0.15) is 19.0 Å². The lowest BCUT2D eigenvalue weighted by Gasteiger charge is -2.08. The average molecular weight is 377 g/mol. The highest BCUT2D eigenvalue weighted by Gasteiger charge is 2.21. The summed E-state index contributed by atoms with van der Waals surface area (Å²) >= 11 is 3.26. The molecule has 1 aromatic carbocycles. The van der Waals surface area contributed by atoms with Gasteiger partial charge in [0.1, 0.15) is 5.69 Å². The molecule has 0 aliphatic heterocycles. The van der Waals surface area contributed by atoms with Gasteiger partial charge in [0.25, 0.3) is 6.43 Å². The van der Waals surface area contributed by atoms with Crippen LogP contribution in [0.3, 0.4) is 0 Å². The molecule has 0 radical (unpaired) electrons. The number of hydrogen-bond donors (Lipinski definition) is 0. The topological polar surface area (TPSA) is 59.9 Å². The largest absolute Gasteiger partial charge is 0.280 e. The molecule has 0 amide bonds. The third-order valence-electron chi connectivity index (χ3n) is 2.75. The van der Waals surface area contributed by atoms with Crippen LogP contribution >= 0.6 is 15.9 Å². The molecule has 8 heteroatoms. The summed E-state index contributed by atoms with van der Waals surface area (Å²) in [6.07, 6.45) is -2.87. The number of rotatable bonds is 4. The lowest BCUT2D eigenvalue weighted by molar-refractivity contribution is 0.145. The van der Waals surface area contributed by atoms with E-state index in [-0.39, 0.29) is 11.4 Å². The van der Waals surface area contributed by atoms with Gasteiger partial charge < -0.3 is 0 Å². The normalized spacial score (nSPS) is 11.9. The van der Waals surface area contributed by atoms with Crippen LogP contribution in [-0.2, 0) is 9.84 Å². The van der Waals surface area contributed by atoms with Gasteiger partial charge in [0.05, 0.1) is 11.4 Å². The van der Waals surface area contributed by atoms with Crippen LogP contribution in [0.15, 0.2) is 40.0 Å². The summed E-state index contributed by atoms with van der Waals surface area (Å²) < 4.78 is 50.3. The molecule has 0 fully saturated rings. The van der Waals surface area contributed by atoms with Crippen LogP contribution in [0.5, 0.6) is 0 Å². The molecule has 1 aromatic heterocycles. The van der Waals surface area contributed by atoms with Gasteiger partial charge in [-0.3, -0.25) is 0 Å². The number of alkyl halides is 2. The molecule has 0 aliphatic rings. The van der Waals surface area contributed by atoms with Crippen LogP contribution in [0.25, 0.3) is 11.3 Å². The number of hydrogen-bond acceptors (Lipinski definition) is 4. The van der Waals surface area contributed by atoms with E-state index in [1.807, 2.05) is 0 Å². The number of nitrogens with zero attached hydrogens (tertiary/aromatic N) is 2. The molecule has 0 spiro atoms. The Labute approximate surface area is 129 Å². The van der Waals surface area contributed by atoms with E-state index >= 15 is 0 Å². The molecule has 4 nitrogen and oxygen atoms in total. The summed E-state index contributed by atoms with van der Waals surface area (Å²) in [7, 11) is -3.76. The van der Waals surface area contributed by atoms with E-state index in [1.165, 1.54) is 6.92 Å². The Morgan fingerprint density at radius 1 is 1.19 bits per heavy atom. The highest BCUT2D eigenvalue weighted by atomic mass is 79.9. The molecular weight excluding hydrogens is 366 g/mol. The maximum Gasteiger partial charge on any atom is 0.280 e.